The second kappa shape index (κ2) is 9.62. The van der Waals surface area contributed by atoms with Crippen LogP contribution in [-0.4, -0.2) is 61.7 Å². The van der Waals surface area contributed by atoms with Crippen molar-refractivity contribution in [3.63, 3.8) is 0 Å². The summed E-state index contributed by atoms with van der Waals surface area (Å²) in [6.07, 6.45) is 4.19. The summed E-state index contributed by atoms with van der Waals surface area (Å²) in [6, 6.07) is 4.61. The van der Waals surface area contributed by atoms with Crippen LogP contribution in [0.3, 0.4) is 0 Å². The number of allylic oxidation sites excluding steroid dienone is 3. The number of likely N-dealkylation sites (tertiary alicyclic amines) is 1. The SMILES string of the molecule is CC(C)(C)OC(=O)N1CCC(c2ccc(S(=O)(=O)C3C=CC=C(F)C3)cc2OCCO)C1. The summed E-state index contributed by atoms with van der Waals surface area (Å²) in [5.41, 5.74) is 0.164. The number of hydrogen-bond acceptors (Lipinski definition) is 6. The van der Waals surface area contributed by atoms with Crippen LogP contribution in [0, 0.1) is 0 Å². The highest BCUT2D eigenvalue weighted by atomic mass is 32.2. The maximum Gasteiger partial charge on any atom is 0.410 e. The van der Waals surface area contributed by atoms with E-state index in [1.54, 1.807) is 11.0 Å². The molecule has 1 aromatic carbocycles. The Kier molecular flexibility index (Phi) is 7.29. The molecule has 0 spiro atoms. The van der Waals surface area contributed by atoms with Gasteiger partial charge in [-0.3, -0.25) is 0 Å². The van der Waals surface area contributed by atoms with Gasteiger partial charge < -0.3 is 19.5 Å². The predicted molar refractivity (Wildman–Crippen MR) is 118 cm³/mol. The van der Waals surface area contributed by atoms with Crippen molar-refractivity contribution in [1.82, 2.24) is 4.90 Å². The number of aliphatic hydroxyl groups is 1. The Balaban J connectivity index is 1.84. The van der Waals surface area contributed by atoms with E-state index in [1.807, 2.05) is 20.8 Å². The lowest BCUT2D eigenvalue weighted by Crippen LogP contribution is -2.35. The third-order valence-corrected chi connectivity index (χ3v) is 7.37. The van der Waals surface area contributed by atoms with Crippen molar-refractivity contribution in [3.8, 4) is 5.75 Å². The molecule has 0 aromatic heterocycles. The van der Waals surface area contributed by atoms with Crippen LogP contribution in [-0.2, 0) is 14.6 Å². The van der Waals surface area contributed by atoms with Gasteiger partial charge in [0.2, 0.25) is 0 Å². The standard InChI is InChI=1S/C23H30FNO6S/c1-23(2,3)31-22(27)25-10-9-16(15-25)20-8-7-19(14-21(20)30-12-11-26)32(28,29)18-6-4-5-17(24)13-18/h4-8,14,16,18,26H,9-13,15H2,1-3H3. The van der Waals surface area contributed by atoms with Gasteiger partial charge in [0.1, 0.15) is 23.8 Å². The minimum atomic E-state index is -3.82. The van der Waals surface area contributed by atoms with Crippen LogP contribution in [0.1, 0.15) is 45.1 Å². The van der Waals surface area contributed by atoms with Crippen LogP contribution in [0.5, 0.6) is 5.75 Å². The molecule has 3 rings (SSSR count). The van der Waals surface area contributed by atoms with Crippen LogP contribution >= 0.6 is 0 Å². The number of ether oxygens (including phenoxy) is 2. The monoisotopic (exact) mass is 467 g/mol. The van der Waals surface area contributed by atoms with Crippen molar-refractivity contribution in [2.45, 2.75) is 55.3 Å². The van der Waals surface area contributed by atoms with Crippen LogP contribution in [0.25, 0.3) is 0 Å². The smallest absolute Gasteiger partial charge is 0.410 e. The Morgan fingerprint density at radius 3 is 2.72 bits per heavy atom. The summed E-state index contributed by atoms with van der Waals surface area (Å²) < 4.78 is 50.9. The van der Waals surface area contributed by atoms with Crippen molar-refractivity contribution in [3.05, 3.63) is 47.8 Å². The summed E-state index contributed by atoms with van der Waals surface area (Å²) in [5, 5.41) is 8.21. The molecular weight excluding hydrogens is 437 g/mol. The Morgan fingerprint density at radius 1 is 1.31 bits per heavy atom. The first kappa shape index (κ1) is 24.3. The fourth-order valence-corrected chi connectivity index (χ4v) is 5.37. The Morgan fingerprint density at radius 2 is 2.06 bits per heavy atom. The molecule has 2 aliphatic rings. The van der Waals surface area contributed by atoms with E-state index in [1.165, 1.54) is 30.4 Å². The molecule has 7 nitrogen and oxygen atoms in total. The maximum atomic E-state index is 13.6. The number of aliphatic hydroxyl groups excluding tert-OH is 1. The number of amides is 1. The average Bonchev–Trinajstić information content (AvgIpc) is 3.21. The summed E-state index contributed by atoms with van der Waals surface area (Å²) in [5.74, 6) is -0.211. The maximum absolute atomic E-state index is 13.6. The predicted octanol–water partition coefficient (Wildman–Crippen LogP) is 3.74. The summed E-state index contributed by atoms with van der Waals surface area (Å²) in [4.78, 5) is 14.1. The number of benzene rings is 1. The first-order chi connectivity index (χ1) is 15.0. The van der Waals surface area contributed by atoms with Crippen molar-refractivity contribution in [2.24, 2.45) is 0 Å². The van der Waals surface area contributed by atoms with E-state index < -0.39 is 32.6 Å². The van der Waals surface area contributed by atoms with Gasteiger partial charge >= 0.3 is 6.09 Å². The normalized spacial score (nSPS) is 21.4. The van der Waals surface area contributed by atoms with Gasteiger partial charge in [-0.25, -0.2) is 17.6 Å². The van der Waals surface area contributed by atoms with Gasteiger partial charge in [-0.2, -0.15) is 0 Å². The second-order valence-electron chi connectivity index (χ2n) is 8.97. The van der Waals surface area contributed by atoms with E-state index in [4.69, 9.17) is 9.47 Å². The fourth-order valence-electron chi connectivity index (χ4n) is 3.82. The molecule has 0 bridgehead atoms. The van der Waals surface area contributed by atoms with Crippen molar-refractivity contribution < 1.29 is 32.2 Å². The molecule has 0 radical (unpaired) electrons. The molecule has 1 amide bonds. The number of carbonyl (C=O) groups excluding carboxylic acids is 1. The zero-order valence-electron chi connectivity index (χ0n) is 18.6. The van der Waals surface area contributed by atoms with Crippen LogP contribution in [0.15, 0.2) is 47.1 Å². The van der Waals surface area contributed by atoms with E-state index in [9.17, 15) is 22.7 Å². The molecule has 1 aromatic rings. The summed E-state index contributed by atoms with van der Waals surface area (Å²) >= 11 is 0. The Bertz CT molecular complexity index is 1010. The molecule has 1 aliphatic carbocycles. The second-order valence-corrected chi connectivity index (χ2v) is 11.1. The lowest BCUT2D eigenvalue weighted by atomic mass is 9.97. The van der Waals surface area contributed by atoms with E-state index in [2.05, 4.69) is 0 Å². The number of sulfone groups is 1. The van der Waals surface area contributed by atoms with Crippen LogP contribution < -0.4 is 4.74 Å². The van der Waals surface area contributed by atoms with E-state index in [0.717, 1.165) is 5.56 Å². The van der Waals surface area contributed by atoms with E-state index in [-0.39, 0.29) is 30.4 Å². The molecule has 1 aliphatic heterocycles. The molecule has 32 heavy (non-hydrogen) atoms. The fraction of sp³-hybridized carbons (Fsp3) is 0.522. The number of hydrogen-bond donors (Lipinski definition) is 1. The highest BCUT2D eigenvalue weighted by Crippen LogP contribution is 2.37. The number of rotatable bonds is 6. The lowest BCUT2D eigenvalue weighted by Gasteiger charge is -2.24. The molecule has 9 heteroatoms. The quantitative estimate of drug-likeness (QED) is 0.685. The first-order valence-corrected chi connectivity index (χ1v) is 12.2. The molecular formula is C23H30FNO6S. The highest BCUT2D eigenvalue weighted by Gasteiger charge is 2.33. The van der Waals surface area contributed by atoms with E-state index in [0.29, 0.717) is 25.3 Å². The first-order valence-electron chi connectivity index (χ1n) is 10.6. The molecule has 1 N–H and O–H groups in total. The molecule has 1 saturated heterocycles. The minimum absolute atomic E-state index is 0.000299. The Labute approximate surface area is 188 Å². The molecule has 2 unspecified atom stereocenters. The van der Waals surface area contributed by atoms with Gasteiger partial charge in [0, 0.05) is 25.4 Å². The number of halogens is 1. The van der Waals surface area contributed by atoms with Crippen molar-refractivity contribution >= 4 is 15.9 Å². The zero-order valence-corrected chi connectivity index (χ0v) is 19.4. The van der Waals surface area contributed by atoms with Crippen LogP contribution in [0.2, 0.25) is 0 Å². The Hall–Kier alpha value is -2.39. The van der Waals surface area contributed by atoms with Crippen LogP contribution in [0.4, 0.5) is 9.18 Å². The third kappa shape index (κ3) is 5.69. The number of carbonyl (C=O) groups is 1. The zero-order chi connectivity index (χ0) is 23.5. The molecule has 0 saturated carbocycles. The van der Waals surface area contributed by atoms with Gasteiger partial charge in [-0.1, -0.05) is 18.2 Å². The summed E-state index contributed by atoms with van der Waals surface area (Å²) in [6.45, 7) is 6.12. The topological polar surface area (TPSA) is 93.1 Å². The molecule has 1 heterocycles. The van der Waals surface area contributed by atoms with Gasteiger partial charge in [0.15, 0.2) is 9.84 Å². The van der Waals surface area contributed by atoms with Crippen molar-refractivity contribution in [2.75, 3.05) is 26.3 Å². The van der Waals surface area contributed by atoms with Crippen molar-refractivity contribution in [1.29, 1.82) is 0 Å². The largest absolute Gasteiger partial charge is 0.491 e. The molecule has 176 valence electrons. The molecule has 2 atom stereocenters. The molecule has 1 fully saturated rings. The highest BCUT2D eigenvalue weighted by molar-refractivity contribution is 7.92. The van der Waals surface area contributed by atoms with Gasteiger partial charge in [-0.15, -0.1) is 0 Å². The average molecular weight is 468 g/mol. The third-order valence-electron chi connectivity index (χ3n) is 5.34. The van der Waals surface area contributed by atoms with Gasteiger partial charge in [0.05, 0.1) is 16.8 Å². The number of nitrogens with zero attached hydrogens (tertiary/aromatic N) is 1. The lowest BCUT2D eigenvalue weighted by molar-refractivity contribution is 0.0292. The summed E-state index contributed by atoms with van der Waals surface area (Å²) in [7, 11) is -3.82. The van der Waals surface area contributed by atoms with Gasteiger partial charge in [-0.05, 0) is 51.0 Å². The minimum Gasteiger partial charge on any atom is -0.491 e. The van der Waals surface area contributed by atoms with E-state index >= 15 is 0 Å². The van der Waals surface area contributed by atoms with Gasteiger partial charge in [0.25, 0.3) is 0 Å².